The number of hydrogen-bond acceptors (Lipinski definition) is 8. The lowest BCUT2D eigenvalue weighted by molar-refractivity contribution is -0.0880. The third-order valence-electron chi connectivity index (χ3n) is 8.20. The van der Waals surface area contributed by atoms with Crippen LogP contribution in [-0.4, -0.2) is 72.1 Å². The molecule has 0 bridgehead atoms. The average Bonchev–Trinajstić information content (AvgIpc) is 3.46. The molecule has 1 aliphatic rings. The summed E-state index contributed by atoms with van der Waals surface area (Å²) in [5.41, 5.74) is 0.926. The van der Waals surface area contributed by atoms with E-state index in [1.807, 2.05) is 6.92 Å². The molecule has 1 saturated heterocycles. The van der Waals surface area contributed by atoms with E-state index in [1.165, 1.54) is 69.9 Å². The topological polar surface area (TPSA) is 134 Å². The van der Waals surface area contributed by atoms with E-state index in [4.69, 9.17) is 8.92 Å². The molecule has 2 rings (SSSR count). The van der Waals surface area contributed by atoms with E-state index < -0.39 is 53.3 Å². The van der Waals surface area contributed by atoms with Crippen LogP contribution in [0.1, 0.15) is 122 Å². The second-order valence-electron chi connectivity index (χ2n) is 11.9. The molecule has 1 aliphatic heterocycles. The summed E-state index contributed by atoms with van der Waals surface area (Å²) >= 11 is 0. The summed E-state index contributed by atoms with van der Waals surface area (Å²) in [6.07, 6.45) is 12.1. The van der Waals surface area contributed by atoms with Gasteiger partial charge in [-0.15, -0.1) is 0 Å². The summed E-state index contributed by atoms with van der Waals surface area (Å²) < 4.78 is 35.6. The zero-order valence-electron chi connectivity index (χ0n) is 25.3. The quantitative estimate of drug-likeness (QED) is 0.0947. The van der Waals surface area contributed by atoms with Gasteiger partial charge in [0.05, 0.1) is 42.0 Å². The monoisotopic (exact) mass is 600 g/mol. The van der Waals surface area contributed by atoms with Crippen molar-refractivity contribution in [1.82, 2.24) is 0 Å². The van der Waals surface area contributed by atoms with Gasteiger partial charge < -0.3 is 25.2 Å². The predicted octanol–water partition coefficient (Wildman–Crippen LogP) is 5.56. The number of rotatable bonds is 23. The van der Waals surface area contributed by atoms with Crippen molar-refractivity contribution in [3.8, 4) is 0 Å². The van der Waals surface area contributed by atoms with E-state index in [-0.39, 0.29) is 17.7 Å². The number of aliphatic hydroxyl groups excluding tert-OH is 4. The van der Waals surface area contributed by atoms with Crippen molar-refractivity contribution in [1.29, 1.82) is 0 Å². The number of aryl methyl sites for hydroxylation is 1. The Hall–Kier alpha value is -1.07. The molecule has 1 heterocycles. The normalized spacial score (nSPS) is 20.6. The number of unbranched alkanes of at least 4 members (excludes halogenated alkanes) is 11. The van der Waals surface area contributed by atoms with Crippen molar-refractivity contribution < 1.29 is 37.8 Å². The Labute approximate surface area is 248 Å². The predicted molar refractivity (Wildman–Crippen MR) is 161 cm³/mol. The lowest BCUT2D eigenvalue weighted by Gasteiger charge is -2.24. The first-order valence-electron chi connectivity index (χ1n) is 16.0. The van der Waals surface area contributed by atoms with Crippen LogP contribution in [0.5, 0.6) is 0 Å². The van der Waals surface area contributed by atoms with Gasteiger partial charge in [-0.3, -0.25) is 4.18 Å². The average molecular weight is 601 g/mol. The zero-order chi connectivity index (χ0) is 30.1. The molecule has 0 amide bonds. The molecule has 4 N–H and O–H groups in total. The van der Waals surface area contributed by atoms with E-state index in [2.05, 4.69) is 6.92 Å². The maximum absolute atomic E-state index is 12.4. The Morgan fingerprint density at radius 1 is 0.732 bits per heavy atom. The standard InChI is InChI=1S/C32H56O8S/c1-3-4-5-6-7-8-9-10-11-12-13-14-15-27(33)28(34)20-21-29(35)31-22-23-32(40-31)30(36)24-39-41(37,38)26-18-16-25(2)17-19-26/h16-19,27-36H,3-15,20-24H2,1-2H3/t27-,28-,29-,30+,31-,32-/m1/s1. The highest BCUT2D eigenvalue weighted by atomic mass is 32.2. The summed E-state index contributed by atoms with van der Waals surface area (Å²) in [5.74, 6) is 0. The summed E-state index contributed by atoms with van der Waals surface area (Å²) in [6.45, 7) is 3.66. The molecule has 0 unspecified atom stereocenters. The minimum absolute atomic E-state index is 0.0236. The SMILES string of the molecule is CCCCCCCCCCCCCC[C@@H](O)[C@H](O)CC[C@@H](O)[C@H]1CC[C@H]([C@@H](O)COS(=O)(=O)c2ccc(C)cc2)O1. The Balaban J connectivity index is 1.54. The highest BCUT2D eigenvalue weighted by Gasteiger charge is 2.35. The van der Waals surface area contributed by atoms with Crippen molar-refractivity contribution in [3.05, 3.63) is 29.8 Å². The summed E-state index contributed by atoms with van der Waals surface area (Å²) in [6, 6.07) is 6.27. The molecule has 0 aliphatic carbocycles. The van der Waals surface area contributed by atoms with Gasteiger partial charge in [-0.05, 0) is 51.2 Å². The fraction of sp³-hybridized carbons (Fsp3) is 0.812. The second-order valence-corrected chi connectivity index (χ2v) is 13.5. The Kier molecular flexibility index (Phi) is 17.6. The second kappa shape index (κ2) is 20.0. The molecule has 9 heteroatoms. The molecule has 1 fully saturated rings. The first-order chi connectivity index (χ1) is 19.6. The lowest BCUT2D eigenvalue weighted by Crippen LogP contribution is -2.35. The zero-order valence-corrected chi connectivity index (χ0v) is 26.1. The minimum atomic E-state index is -3.99. The van der Waals surface area contributed by atoms with Gasteiger partial charge in [0.2, 0.25) is 0 Å². The maximum atomic E-state index is 12.4. The van der Waals surface area contributed by atoms with Gasteiger partial charge in [-0.25, -0.2) is 0 Å². The van der Waals surface area contributed by atoms with Crippen molar-refractivity contribution in [2.45, 2.75) is 165 Å². The fourth-order valence-corrected chi connectivity index (χ4v) is 6.33. The van der Waals surface area contributed by atoms with Crippen molar-refractivity contribution in [3.63, 3.8) is 0 Å². The van der Waals surface area contributed by atoms with E-state index >= 15 is 0 Å². The Morgan fingerprint density at radius 2 is 1.22 bits per heavy atom. The molecule has 0 saturated carbocycles. The van der Waals surface area contributed by atoms with Crippen LogP contribution in [0.4, 0.5) is 0 Å². The number of benzene rings is 1. The van der Waals surface area contributed by atoms with Crippen LogP contribution in [0.3, 0.4) is 0 Å². The van der Waals surface area contributed by atoms with Gasteiger partial charge in [0.25, 0.3) is 10.1 Å². The van der Waals surface area contributed by atoms with Crippen molar-refractivity contribution in [2.24, 2.45) is 0 Å². The molecule has 1 aromatic rings. The molecule has 8 nitrogen and oxygen atoms in total. The van der Waals surface area contributed by atoms with Crippen LogP contribution >= 0.6 is 0 Å². The third-order valence-corrected chi connectivity index (χ3v) is 9.50. The number of hydrogen-bond donors (Lipinski definition) is 4. The Morgan fingerprint density at radius 3 is 1.78 bits per heavy atom. The maximum Gasteiger partial charge on any atom is 0.297 e. The first-order valence-corrected chi connectivity index (χ1v) is 17.4. The molecule has 6 atom stereocenters. The van der Waals surface area contributed by atoms with Crippen LogP contribution in [-0.2, 0) is 19.0 Å². The van der Waals surface area contributed by atoms with Crippen molar-refractivity contribution >= 4 is 10.1 Å². The van der Waals surface area contributed by atoms with Crippen LogP contribution in [0.15, 0.2) is 29.2 Å². The van der Waals surface area contributed by atoms with Gasteiger partial charge >= 0.3 is 0 Å². The number of ether oxygens (including phenoxy) is 1. The third kappa shape index (κ3) is 14.3. The molecular formula is C32H56O8S. The molecule has 0 aromatic heterocycles. The van der Waals surface area contributed by atoms with Gasteiger partial charge in [0, 0.05) is 0 Å². The summed E-state index contributed by atoms with van der Waals surface area (Å²) in [5, 5.41) is 41.7. The number of aliphatic hydroxyl groups is 4. The van der Waals surface area contributed by atoms with Crippen molar-refractivity contribution in [2.75, 3.05) is 6.61 Å². The first kappa shape index (κ1) is 36.1. The lowest BCUT2D eigenvalue weighted by atomic mass is 9.98. The Bertz CT molecular complexity index is 907. The fourth-order valence-electron chi connectivity index (χ4n) is 5.40. The van der Waals surface area contributed by atoms with Crippen LogP contribution in [0, 0.1) is 6.92 Å². The van der Waals surface area contributed by atoms with E-state index in [9.17, 15) is 28.8 Å². The van der Waals surface area contributed by atoms with Crippen LogP contribution < -0.4 is 0 Å². The largest absolute Gasteiger partial charge is 0.390 e. The molecule has 41 heavy (non-hydrogen) atoms. The van der Waals surface area contributed by atoms with Crippen LogP contribution in [0.25, 0.3) is 0 Å². The molecule has 0 radical (unpaired) electrons. The molecular weight excluding hydrogens is 544 g/mol. The molecule has 0 spiro atoms. The molecule has 238 valence electrons. The van der Waals surface area contributed by atoms with E-state index in [0.29, 0.717) is 19.3 Å². The van der Waals surface area contributed by atoms with Gasteiger partial charge in [-0.2, -0.15) is 8.42 Å². The highest BCUT2D eigenvalue weighted by molar-refractivity contribution is 7.86. The van der Waals surface area contributed by atoms with E-state index in [1.54, 1.807) is 12.1 Å². The summed E-state index contributed by atoms with van der Waals surface area (Å²) in [7, 11) is -3.99. The highest BCUT2D eigenvalue weighted by Crippen LogP contribution is 2.27. The van der Waals surface area contributed by atoms with Gasteiger partial charge in [0.15, 0.2) is 0 Å². The summed E-state index contributed by atoms with van der Waals surface area (Å²) in [4.78, 5) is 0.0236. The van der Waals surface area contributed by atoms with E-state index in [0.717, 1.165) is 24.8 Å². The minimum Gasteiger partial charge on any atom is -0.390 e. The smallest absolute Gasteiger partial charge is 0.297 e. The molecule has 1 aromatic carbocycles. The van der Waals surface area contributed by atoms with Gasteiger partial charge in [0.1, 0.15) is 6.10 Å². The van der Waals surface area contributed by atoms with Crippen LogP contribution in [0.2, 0.25) is 0 Å². The van der Waals surface area contributed by atoms with Gasteiger partial charge in [-0.1, -0.05) is 102 Å².